The molecule has 0 saturated carbocycles. The zero-order valence-electron chi connectivity index (χ0n) is 20.6. The maximum atomic E-state index is 12.6. The summed E-state index contributed by atoms with van der Waals surface area (Å²) in [5.74, 6) is 0.475. The van der Waals surface area contributed by atoms with Crippen LogP contribution in [0.1, 0.15) is 49.0 Å². The van der Waals surface area contributed by atoms with Crippen molar-refractivity contribution in [1.29, 1.82) is 0 Å². The topological polar surface area (TPSA) is 120 Å². The first-order valence-electron chi connectivity index (χ1n) is 11.8. The van der Waals surface area contributed by atoms with Gasteiger partial charge in [0.15, 0.2) is 16.4 Å². The van der Waals surface area contributed by atoms with Crippen LogP contribution in [0.3, 0.4) is 0 Å². The molecular formula is C27H26N4O5S. The zero-order valence-corrected chi connectivity index (χ0v) is 21.4. The monoisotopic (exact) mass is 518 g/mol. The molecule has 0 fully saturated rings. The van der Waals surface area contributed by atoms with E-state index in [2.05, 4.69) is 41.6 Å². The number of thiocarbonyl (C=S) groups is 1. The maximum Gasteiger partial charge on any atom is 0.311 e. The number of ether oxygens (including phenoxy) is 1. The summed E-state index contributed by atoms with van der Waals surface area (Å²) in [5, 5.41) is 16.8. The molecule has 2 N–H and O–H groups in total. The number of anilines is 1. The van der Waals surface area contributed by atoms with Crippen molar-refractivity contribution in [2.24, 2.45) is 0 Å². The van der Waals surface area contributed by atoms with E-state index in [0.717, 1.165) is 29.2 Å². The number of fused-ring (bicyclic) bond motifs is 1. The summed E-state index contributed by atoms with van der Waals surface area (Å²) < 4.78 is 11.2. The molecule has 0 radical (unpaired) electrons. The number of carbonyl (C=O) groups is 1. The molecule has 1 atom stereocenters. The highest BCUT2D eigenvalue weighted by Crippen LogP contribution is 2.29. The van der Waals surface area contributed by atoms with Gasteiger partial charge in [-0.15, -0.1) is 0 Å². The molecule has 1 heterocycles. The van der Waals surface area contributed by atoms with E-state index < -0.39 is 10.8 Å². The van der Waals surface area contributed by atoms with Gasteiger partial charge >= 0.3 is 5.69 Å². The highest BCUT2D eigenvalue weighted by Gasteiger charge is 2.19. The van der Waals surface area contributed by atoms with Gasteiger partial charge < -0.3 is 14.5 Å². The normalized spacial score (nSPS) is 11.6. The Morgan fingerprint density at radius 2 is 1.89 bits per heavy atom. The van der Waals surface area contributed by atoms with Crippen molar-refractivity contribution in [2.75, 3.05) is 11.9 Å². The molecule has 190 valence electrons. The van der Waals surface area contributed by atoms with Crippen LogP contribution in [-0.2, 0) is 0 Å². The third-order valence-corrected chi connectivity index (χ3v) is 6.13. The third kappa shape index (κ3) is 5.92. The number of oxazole rings is 1. The van der Waals surface area contributed by atoms with E-state index in [-0.39, 0.29) is 28.7 Å². The molecule has 0 spiro atoms. The van der Waals surface area contributed by atoms with Crippen LogP contribution in [0.5, 0.6) is 5.75 Å². The summed E-state index contributed by atoms with van der Waals surface area (Å²) >= 11 is 5.24. The average Bonchev–Trinajstić information content (AvgIpc) is 3.32. The fourth-order valence-corrected chi connectivity index (χ4v) is 3.93. The highest BCUT2D eigenvalue weighted by atomic mass is 32.1. The van der Waals surface area contributed by atoms with Crippen LogP contribution in [-0.4, -0.2) is 27.5 Å². The number of nitrogens with one attached hydrogen (secondary N) is 2. The Balaban J connectivity index is 1.42. The van der Waals surface area contributed by atoms with E-state index in [1.165, 1.54) is 17.7 Å². The van der Waals surface area contributed by atoms with Gasteiger partial charge in [0, 0.05) is 22.9 Å². The number of aromatic nitrogens is 1. The van der Waals surface area contributed by atoms with Crippen LogP contribution < -0.4 is 15.4 Å². The molecule has 0 aliphatic heterocycles. The Morgan fingerprint density at radius 1 is 1.14 bits per heavy atom. The first-order chi connectivity index (χ1) is 17.8. The average molecular weight is 519 g/mol. The number of carbonyl (C=O) groups excluding carboxylic acids is 1. The van der Waals surface area contributed by atoms with Gasteiger partial charge in [0.1, 0.15) is 5.52 Å². The minimum absolute atomic E-state index is 0.0497. The summed E-state index contributed by atoms with van der Waals surface area (Å²) in [7, 11) is 0. The summed E-state index contributed by atoms with van der Waals surface area (Å²) in [6.07, 6.45) is 1.05. The van der Waals surface area contributed by atoms with Crippen molar-refractivity contribution < 1.29 is 18.9 Å². The van der Waals surface area contributed by atoms with Gasteiger partial charge in [-0.2, -0.15) is 0 Å². The Kier molecular flexibility index (Phi) is 7.78. The number of amides is 1. The molecule has 9 nitrogen and oxygen atoms in total. The summed E-state index contributed by atoms with van der Waals surface area (Å²) in [5.41, 5.74) is 3.99. The van der Waals surface area contributed by atoms with Crippen molar-refractivity contribution >= 4 is 45.7 Å². The quantitative estimate of drug-likeness (QED) is 0.155. The first-order valence-corrected chi connectivity index (χ1v) is 12.2. The lowest BCUT2D eigenvalue weighted by Gasteiger charge is -2.10. The molecule has 1 aromatic heterocycles. The Morgan fingerprint density at radius 3 is 2.57 bits per heavy atom. The smallest absolute Gasteiger partial charge is 0.311 e. The van der Waals surface area contributed by atoms with Crippen LogP contribution in [0, 0.1) is 10.1 Å². The lowest BCUT2D eigenvalue weighted by molar-refractivity contribution is -0.385. The molecule has 37 heavy (non-hydrogen) atoms. The lowest BCUT2D eigenvalue weighted by Crippen LogP contribution is -2.34. The molecule has 0 saturated heterocycles. The van der Waals surface area contributed by atoms with Gasteiger partial charge in [-0.25, -0.2) is 4.98 Å². The van der Waals surface area contributed by atoms with E-state index in [9.17, 15) is 14.9 Å². The fraction of sp³-hybridized carbons (Fsp3) is 0.222. The molecular weight excluding hydrogens is 492 g/mol. The van der Waals surface area contributed by atoms with Crippen molar-refractivity contribution in [3.63, 3.8) is 0 Å². The number of rotatable bonds is 8. The molecule has 1 unspecified atom stereocenters. The summed E-state index contributed by atoms with van der Waals surface area (Å²) in [6, 6.07) is 17.3. The molecule has 0 aliphatic rings. The second kappa shape index (κ2) is 11.2. The molecule has 0 bridgehead atoms. The predicted molar refractivity (Wildman–Crippen MR) is 146 cm³/mol. The molecule has 0 aliphatic carbocycles. The summed E-state index contributed by atoms with van der Waals surface area (Å²) in [4.78, 5) is 27.9. The molecule has 1 amide bonds. The van der Waals surface area contributed by atoms with Crippen molar-refractivity contribution in [2.45, 2.75) is 33.1 Å². The van der Waals surface area contributed by atoms with E-state index in [0.29, 0.717) is 17.5 Å². The lowest BCUT2D eigenvalue weighted by atomic mass is 9.98. The minimum atomic E-state index is -0.596. The van der Waals surface area contributed by atoms with Crippen molar-refractivity contribution in [3.05, 3.63) is 81.9 Å². The van der Waals surface area contributed by atoms with Gasteiger partial charge in [-0.3, -0.25) is 20.2 Å². The number of nitro groups is 1. The van der Waals surface area contributed by atoms with Crippen LogP contribution in [0.2, 0.25) is 0 Å². The molecule has 3 aromatic carbocycles. The van der Waals surface area contributed by atoms with Gasteiger partial charge in [0.25, 0.3) is 5.91 Å². The minimum Gasteiger partial charge on any atom is -0.487 e. The second-order valence-electron chi connectivity index (χ2n) is 8.41. The van der Waals surface area contributed by atoms with Gasteiger partial charge in [-0.1, -0.05) is 19.9 Å². The zero-order chi connectivity index (χ0) is 26.5. The third-order valence-electron chi connectivity index (χ3n) is 5.93. The highest BCUT2D eigenvalue weighted by molar-refractivity contribution is 7.80. The van der Waals surface area contributed by atoms with Crippen LogP contribution in [0.4, 0.5) is 11.4 Å². The Hall–Kier alpha value is -4.31. The SMILES string of the molecule is CCOc1ccc(C(=O)NC(=S)Nc2ccc(-c3nc4cc(C(C)CC)ccc4o3)cc2)cc1[N+](=O)[O-]. The summed E-state index contributed by atoms with van der Waals surface area (Å²) in [6.45, 7) is 6.33. The first kappa shape index (κ1) is 25.8. The largest absolute Gasteiger partial charge is 0.487 e. The van der Waals surface area contributed by atoms with E-state index >= 15 is 0 Å². The van der Waals surface area contributed by atoms with E-state index in [4.69, 9.17) is 21.4 Å². The molecule has 4 aromatic rings. The molecule has 10 heteroatoms. The van der Waals surface area contributed by atoms with Crippen LogP contribution >= 0.6 is 12.2 Å². The van der Waals surface area contributed by atoms with E-state index in [1.54, 1.807) is 19.1 Å². The molecule has 4 rings (SSSR count). The van der Waals surface area contributed by atoms with Gasteiger partial charge in [0.2, 0.25) is 5.89 Å². The van der Waals surface area contributed by atoms with E-state index in [1.807, 2.05) is 18.2 Å². The number of nitro benzene ring substituents is 1. The maximum absolute atomic E-state index is 12.6. The Bertz CT molecular complexity index is 1470. The second-order valence-corrected chi connectivity index (χ2v) is 8.82. The van der Waals surface area contributed by atoms with Crippen molar-refractivity contribution in [1.82, 2.24) is 10.3 Å². The van der Waals surface area contributed by atoms with Gasteiger partial charge in [0.05, 0.1) is 11.5 Å². The van der Waals surface area contributed by atoms with Crippen LogP contribution in [0.15, 0.2) is 65.1 Å². The number of hydrogen-bond donors (Lipinski definition) is 2. The standard InChI is InChI=1S/C27H26N4O5S/c1-4-16(3)18-8-12-23-21(14-18)29-26(36-23)17-6-10-20(11-7-17)28-27(37)30-25(32)19-9-13-24(35-5-2)22(15-19)31(33)34/h6-16H,4-5H2,1-3H3,(H2,28,30,32,37). The fourth-order valence-electron chi connectivity index (χ4n) is 3.72. The van der Waals surface area contributed by atoms with Crippen molar-refractivity contribution in [3.8, 4) is 17.2 Å². The Labute approximate surface area is 219 Å². The number of benzene rings is 3. The predicted octanol–water partition coefficient (Wildman–Crippen LogP) is 6.44. The van der Waals surface area contributed by atoms with Gasteiger partial charge in [-0.05, 0) is 85.6 Å². The van der Waals surface area contributed by atoms with Crippen LogP contribution in [0.25, 0.3) is 22.6 Å². The number of hydrogen-bond acceptors (Lipinski definition) is 7. The number of nitrogens with zero attached hydrogens (tertiary/aromatic N) is 2.